The van der Waals surface area contributed by atoms with Gasteiger partial charge in [0.15, 0.2) is 0 Å². The molecular formula is C16H12BrN5O2. The maximum absolute atomic E-state index is 11.8. The van der Waals surface area contributed by atoms with E-state index in [4.69, 9.17) is 4.42 Å². The van der Waals surface area contributed by atoms with Crippen molar-refractivity contribution in [3.63, 3.8) is 0 Å². The first-order valence-electron chi connectivity index (χ1n) is 6.91. The standard InChI is InChI=1S/C16H12BrN5O2/c1-2-22-20-16(19-21-22)18-15(23)10-8-13-7-9-14(24-13)11-3-5-12(17)6-4-11/h2-10H,1H2,(H,18,20,23)/b10-8+. The average Bonchev–Trinajstić information content (AvgIpc) is 3.23. The van der Waals surface area contributed by atoms with Gasteiger partial charge in [-0.1, -0.05) is 39.7 Å². The molecule has 3 rings (SSSR count). The number of rotatable bonds is 5. The minimum Gasteiger partial charge on any atom is -0.457 e. The maximum atomic E-state index is 11.8. The Labute approximate surface area is 145 Å². The fraction of sp³-hybridized carbons (Fsp3) is 0. The monoisotopic (exact) mass is 385 g/mol. The molecule has 0 atom stereocenters. The van der Waals surface area contributed by atoms with Crippen molar-refractivity contribution in [3.05, 3.63) is 59.3 Å². The van der Waals surface area contributed by atoms with E-state index >= 15 is 0 Å². The molecule has 0 aliphatic rings. The zero-order chi connectivity index (χ0) is 16.9. The van der Waals surface area contributed by atoms with Crippen molar-refractivity contribution in [1.82, 2.24) is 20.2 Å². The van der Waals surface area contributed by atoms with Gasteiger partial charge in [-0.2, -0.15) is 0 Å². The van der Waals surface area contributed by atoms with Gasteiger partial charge in [0.1, 0.15) is 11.5 Å². The number of anilines is 1. The molecular weight excluding hydrogens is 374 g/mol. The van der Waals surface area contributed by atoms with E-state index < -0.39 is 0 Å². The van der Waals surface area contributed by atoms with Gasteiger partial charge in [-0.15, -0.1) is 9.90 Å². The number of nitrogens with zero attached hydrogens (tertiary/aromatic N) is 4. The van der Waals surface area contributed by atoms with Crippen LogP contribution in [0.25, 0.3) is 23.6 Å². The molecule has 0 saturated heterocycles. The van der Waals surface area contributed by atoms with Crippen LogP contribution in [0.1, 0.15) is 5.76 Å². The first-order chi connectivity index (χ1) is 11.6. The minimum absolute atomic E-state index is 0.0968. The molecule has 0 spiro atoms. The van der Waals surface area contributed by atoms with E-state index in [2.05, 4.69) is 43.2 Å². The highest BCUT2D eigenvalue weighted by molar-refractivity contribution is 9.10. The summed E-state index contributed by atoms with van der Waals surface area (Å²) in [6.07, 6.45) is 4.26. The lowest BCUT2D eigenvalue weighted by Crippen LogP contribution is -2.09. The highest BCUT2D eigenvalue weighted by atomic mass is 79.9. The summed E-state index contributed by atoms with van der Waals surface area (Å²) in [5, 5.41) is 13.6. The molecule has 0 unspecified atom stereocenters. The Morgan fingerprint density at radius 3 is 2.75 bits per heavy atom. The van der Waals surface area contributed by atoms with Gasteiger partial charge in [-0.25, -0.2) is 0 Å². The lowest BCUT2D eigenvalue weighted by Gasteiger charge is -1.96. The van der Waals surface area contributed by atoms with E-state index in [1.54, 1.807) is 12.1 Å². The molecule has 0 aliphatic heterocycles. The predicted octanol–water partition coefficient (Wildman–Crippen LogP) is 3.45. The first kappa shape index (κ1) is 15.9. The number of hydrogen-bond donors (Lipinski definition) is 1. The van der Waals surface area contributed by atoms with Crippen LogP contribution in [0.4, 0.5) is 5.95 Å². The Hall–Kier alpha value is -3.00. The number of aromatic nitrogens is 4. The van der Waals surface area contributed by atoms with Crippen molar-refractivity contribution in [2.24, 2.45) is 0 Å². The van der Waals surface area contributed by atoms with Gasteiger partial charge in [0.05, 0.1) is 0 Å². The molecule has 0 aliphatic carbocycles. The van der Waals surface area contributed by atoms with E-state index in [9.17, 15) is 4.79 Å². The van der Waals surface area contributed by atoms with Gasteiger partial charge in [0.2, 0.25) is 0 Å². The second-order valence-corrected chi connectivity index (χ2v) is 5.56. The van der Waals surface area contributed by atoms with Crippen LogP contribution >= 0.6 is 15.9 Å². The van der Waals surface area contributed by atoms with Gasteiger partial charge >= 0.3 is 0 Å². The Balaban J connectivity index is 1.65. The van der Waals surface area contributed by atoms with E-state index in [1.165, 1.54) is 12.3 Å². The molecule has 8 heteroatoms. The molecule has 2 heterocycles. The zero-order valence-electron chi connectivity index (χ0n) is 12.4. The van der Waals surface area contributed by atoms with Crippen LogP contribution in [0, 0.1) is 0 Å². The van der Waals surface area contributed by atoms with Gasteiger partial charge in [-0.05, 0) is 35.6 Å². The summed E-state index contributed by atoms with van der Waals surface area (Å²) in [7, 11) is 0. The summed E-state index contributed by atoms with van der Waals surface area (Å²) in [6.45, 7) is 3.49. The van der Waals surface area contributed by atoms with Crippen LogP contribution in [-0.4, -0.2) is 26.1 Å². The van der Waals surface area contributed by atoms with Crippen molar-refractivity contribution in [2.45, 2.75) is 0 Å². The van der Waals surface area contributed by atoms with Crippen LogP contribution < -0.4 is 5.32 Å². The fourth-order valence-corrected chi connectivity index (χ4v) is 2.14. The maximum Gasteiger partial charge on any atom is 0.270 e. The SMILES string of the molecule is C=Cn1nnc(NC(=O)/C=C/c2ccc(-c3ccc(Br)cc3)o2)n1. The molecule has 1 N–H and O–H groups in total. The molecule has 120 valence electrons. The van der Waals surface area contributed by atoms with Crippen molar-refractivity contribution < 1.29 is 9.21 Å². The molecule has 0 bridgehead atoms. The van der Waals surface area contributed by atoms with Crippen LogP contribution in [0.2, 0.25) is 0 Å². The second-order valence-electron chi connectivity index (χ2n) is 4.65. The quantitative estimate of drug-likeness (QED) is 0.679. The summed E-state index contributed by atoms with van der Waals surface area (Å²) in [6, 6.07) is 11.4. The van der Waals surface area contributed by atoms with Gasteiger partial charge < -0.3 is 4.42 Å². The molecule has 1 aromatic carbocycles. The van der Waals surface area contributed by atoms with Crippen LogP contribution in [0.15, 0.2) is 57.9 Å². The lowest BCUT2D eigenvalue weighted by atomic mass is 10.2. The third-order valence-electron chi connectivity index (χ3n) is 2.98. The van der Waals surface area contributed by atoms with Gasteiger partial charge in [0.25, 0.3) is 11.9 Å². The van der Waals surface area contributed by atoms with Crippen LogP contribution in [0.5, 0.6) is 0 Å². The summed E-state index contributed by atoms with van der Waals surface area (Å²) < 4.78 is 6.69. The highest BCUT2D eigenvalue weighted by Gasteiger charge is 2.05. The largest absolute Gasteiger partial charge is 0.457 e. The third kappa shape index (κ3) is 3.85. The summed E-state index contributed by atoms with van der Waals surface area (Å²) >= 11 is 3.39. The molecule has 24 heavy (non-hydrogen) atoms. The number of tetrazole rings is 1. The number of carbonyl (C=O) groups excluding carboxylic acids is 1. The minimum atomic E-state index is -0.389. The van der Waals surface area contributed by atoms with Crippen molar-refractivity contribution in [3.8, 4) is 11.3 Å². The van der Waals surface area contributed by atoms with Crippen molar-refractivity contribution >= 4 is 40.1 Å². The molecule has 0 fully saturated rings. The summed E-state index contributed by atoms with van der Waals surface area (Å²) in [5.41, 5.74) is 0.951. The third-order valence-corrected chi connectivity index (χ3v) is 3.51. The first-order valence-corrected chi connectivity index (χ1v) is 7.70. The molecule has 2 aromatic heterocycles. The van der Waals surface area contributed by atoms with Crippen molar-refractivity contribution in [1.29, 1.82) is 0 Å². The number of amides is 1. The van der Waals surface area contributed by atoms with Gasteiger partial charge in [-0.3, -0.25) is 10.1 Å². The molecule has 7 nitrogen and oxygen atoms in total. The van der Waals surface area contributed by atoms with E-state index in [0.717, 1.165) is 20.6 Å². The van der Waals surface area contributed by atoms with E-state index in [1.807, 2.05) is 30.3 Å². The summed E-state index contributed by atoms with van der Waals surface area (Å²) in [5.74, 6) is 0.990. The summed E-state index contributed by atoms with van der Waals surface area (Å²) in [4.78, 5) is 13.0. The highest BCUT2D eigenvalue weighted by Crippen LogP contribution is 2.24. The Morgan fingerprint density at radius 1 is 1.25 bits per heavy atom. The number of furan rings is 1. The number of benzene rings is 1. The topological polar surface area (TPSA) is 85.8 Å². The molecule has 1 amide bonds. The fourth-order valence-electron chi connectivity index (χ4n) is 1.87. The Bertz CT molecular complexity index is 895. The molecule has 0 radical (unpaired) electrons. The Kier molecular flexibility index (Phi) is 4.66. The number of carbonyl (C=O) groups is 1. The normalized spacial score (nSPS) is 10.9. The average molecular weight is 386 g/mol. The smallest absolute Gasteiger partial charge is 0.270 e. The number of halogens is 1. The van der Waals surface area contributed by atoms with Gasteiger partial charge in [0, 0.05) is 22.3 Å². The lowest BCUT2D eigenvalue weighted by molar-refractivity contribution is -0.111. The van der Waals surface area contributed by atoms with Crippen LogP contribution in [-0.2, 0) is 4.79 Å². The Morgan fingerprint density at radius 2 is 2.04 bits per heavy atom. The molecule has 3 aromatic rings. The number of hydrogen-bond acceptors (Lipinski definition) is 5. The van der Waals surface area contributed by atoms with E-state index in [0.29, 0.717) is 5.76 Å². The second kappa shape index (κ2) is 7.05. The van der Waals surface area contributed by atoms with Crippen LogP contribution in [0.3, 0.4) is 0 Å². The zero-order valence-corrected chi connectivity index (χ0v) is 14.0. The van der Waals surface area contributed by atoms with E-state index in [-0.39, 0.29) is 11.9 Å². The predicted molar refractivity (Wildman–Crippen MR) is 93.7 cm³/mol. The number of nitrogens with one attached hydrogen (secondary N) is 1. The van der Waals surface area contributed by atoms with Crippen molar-refractivity contribution in [2.75, 3.05) is 5.32 Å². The molecule has 0 saturated carbocycles.